The maximum Gasteiger partial charge on any atom is 0.0338 e. The summed E-state index contributed by atoms with van der Waals surface area (Å²) in [4.78, 5) is 2.69. The van der Waals surface area contributed by atoms with Gasteiger partial charge in [0.2, 0.25) is 0 Å². The highest BCUT2D eigenvalue weighted by molar-refractivity contribution is 5.31. The van der Waals surface area contributed by atoms with Crippen LogP contribution >= 0.6 is 0 Å². The number of nitrogens with two attached hydrogens (primary N) is 1. The van der Waals surface area contributed by atoms with Crippen molar-refractivity contribution >= 4 is 0 Å². The minimum absolute atomic E-state index is 0.251. The minimum Gasteiger partial charge on any atom is -0.329 e. The Labute approximate surface area is 129 Å². The lowest BCUT2D eigenvalue weighted by Gasteiger charge is -2.41. The van der Waals surface area contributed by atoms with Crippen molar-refractivity contribution in [2.45, 2.75) is 70.5 Å². The van der Waals surface area contributed by atoms with Crippen LogP contribution in [0.25, 0.3) is 0 Å². The van der Waals surface area contributed by atoms with E-state index in [4.69, 9.17) is 5.73 Å². The standard InChI is InChI=1S/C19H30N2/c1-2-6-16-7-5-11-19(15-20,12-10-16)21-13-17-8-3-4-9-18(17)14-21/h3-4,8-9,16H,2,5-7,10-15,20H2,1H3. The molecule has 2 unspecified atom stereocenters. The van der Waals surface area contributed by atoms with Gasteiger partial charge < -0.3 is 5.73 Å². The molecular formula is C19H30N2. The summed E-state index contributed by atoms with van der Waals surface area (Å²) in [7, 11) is 0. The fourth-order valence-electron chi connectivity index (χ4n) is 4.48. The van der Waals surface area contributed by atoms with E-state index in [1.165, 1.54) is 56.1 Å². The lowest BCUT2D eigenvalue weighted by atomic mass is 9.87. The molecule has 0 bridgehead atoms. The molecule has 0 radical (unpaired) electrons. The molecule has 1 aromatic rings. The van der Waals surface area contributed by atoms with Crippen molar-refractivity contribution in [2.24, 2.45) is 11.7 Å². The Hall–Kier alpha value is -0.860. The van der Waals surface area contributed by atoms with Gasteiger partial charge in [0, 0.05) is 25.2 Å². The monoisotopic (exact) mass is 286 g/mol. The second kappa shape index (κ2) is 6.50. The molecule has 1 aliphatic heterocycles. The molecule has 1 heterocycles. The zero-order valence-corrected chi connectivity index (χ0v) is 13.5. The normalized spacial score (nSPS) is 30.1. The third-order valence-corrected chi connectivity index (χ3v) is 5.86. The zero-order valence-electron chi connectivity index (χ0n) is 13.5. The molecule has 116 valence electrons. The molecule has 2 nitrogen and oxygen atoms in total. The highest BCUT2D eigenvalue weighted by Gasteiger charge is 2.39. The highest BCUT2D eigenvalue weighted by atomic mass is 15.2. The number of benzene rings is 1. The Bertz CT molecular complexity index is 445. The van der Waals surface area contributed by atoms with Gasteiger partial charge in [-0.2, -0.15) is 0 Å². The van der Waals surface area contributed by atoms with Crippen LogP contribution in [-0.2, 0) is 13.1 Å². The van der Waals surface area contributed by atoms with Crippen LogP contribution in [0, 0.1) is 5.92 Å². The predicted molar refractivity (Wildman–Crippen MR) is 89.0 cm³/mol. The quantitative estimate of drug-likeness (QED) is 0.845. The number of nitrogens with zero attached hydrogens (tertiary/aromatic N) is 1. The van der Waals surface area contributed by atoms with Gasteiger partial charge in [-0.3, -0.25) is 4.90 Å². The maximum atomic E-state index is 6.30. The van der Waals surface area contributed by atoms with Crippen molar-refractivity contribution < 1.29 is 0 Å². The topological polar surface area (TPSA) is 29.3 Å². The second-order valence-corrected chi connectivity index (χ2v) is 7.14. The highest BCUT2D eigenvalue weighted by Crippen LogP contribution is 2.39. The minimum atomic E-state index is 0.251. The van der Waals surface area contributed by atoms with Gasteiger partial charge in [0.25, 0.3) is 0 Å². The maximum absolute atomic E-state index is 6.30. The molecule has 1 aliphatic carbocycles. The summed E-state index contributed by atoms with van der Waals surface area (Å²) in [6.45, 7) is 5.34. The molecule has 2 N–H and O–H groups in total. The number of rotatable bonds is 4. The lowest BCUT2D eigenvalue weighted by Crippen LogP contribution is -2.51. The first-order valence-electron chi connectivity index (χ1n) is 8.79. The van der Waals surface area contributed by atoms with E-state index in [-0.39, 0.29) is 5.54 Å². The van der Waals surface area contributed by atoms with Gasteiger partial charge in [0.15, 0.2) is 0 Å². The molecule has 0 spiro atoms. The van der Waals surface area contributed by atoms with E-state index in [1.807, 2.05) is 0 Å². The van der Waals surface area contributed by atoms with Crippen molar-refractivity contribution in [3.8, 4) is 0 Å². The van der Waals surface area contributed by atoms with Crippen molar-refractivity contribution in [3.63, 3.8) is 0 Å². The van der Waals surface area contributed by atoms with Crippen LogP contribution in [0.3, 0.4) is 0 Å². The van der Waals surface area contributed by atoms with Crippen LogP contribution in [0.4, 0.5) is 0 Å². The Morgan fingerprint density at radius 1 is 1.14 bits per heavy atom. The van der Waals surface area contributed by atoms with Crippen molar-refractivity contribution in [3.05, 3.63) is 35.4 Å². The summed E-state index contributed by atoms with van der Waals surface area (Å²) >= 11 is 0. The Morgan fingerprint density at radius 3 is 2.48 bits per heavy atom. The molecule has 0 aromatic heterocycles. The molecule has 0 amide bonds. The van der Waals surface area contributed by atoms with E-state index in [0.717, 1.165) is 25.6 Å². The van der Waals surface area contributed by atoms with Gasteiger partial charge in [-0.25, -0.2) is 0 Å². The van der Waals surface area contributed by atoms with E-state index in [9.17, 15) is 0 Å². The van der Waals surface area contributed by atoms with E-state index in [1.54, 1.807) is 0 Å². The average Bonchev–Trinajstić information content (AvgIpc) is 2.84. The molecule has 2 heteroatoms. The van der Waals surface area contributed by atoms with Crippen LogP contribution in [-0.4, -0.2) is 17.0 Å². The smallest absolute Gasteiger partial charge is 0.0338 e. The van der Waals surface area contributed by atoms with Gasteiger partial charge in [-0.15, -0.1) is 0 Å². The molecule has 2 aliphatic rings. The van der Waals surface area contributed by atoms with Crippen LogP contribution < -0.4 is 5.73 Å². The van der Waals surface area contributed by atoms with E-state index in [2.05, 4.69) is 36.1 Å². The fourth-order valence-corrected chi connectivity index (χ4v) is 4.48. The van der Waals surface area contributed by atoms with Gasteiger partial charge in [-0.1, -0.05) is 56.9 Å². The number of hydrogen-bond acceptors (Lipinski definition) is 2. The molecule has 0 saturated heterocycles. The summed E-state index contributed by atoms with van der Waals surface area (Å²) in [6, 6.07) is 8.91. The van der Waals surface area contributed by atoms with E-state index in [0.29, 0.717) is 0 Å². The largest absolute Gasteiger partial charge is 0.329 e. The molecule has 1 fully saturated rings. The Kier molecular flexibility index (Phi) is 4.66. The first kappa shape index (κ1) is 15.1. The SMILES string of the molecule is CCCC1CCCC(CN)(N2Cc3ccccc3C2)CC1. The van der Waals surface area contributed by atoms with Gasteiger partial charge >= 0.3 is 0 Å². The molecule has 1 aromatic carbocycles. The summed E-state index contributed by atoms with van der Waals surface area (Å²) < 4.78 is 0. The molecule has 21 heavy (non-hydrogen) atoms. The Balaban J connectivity index is 1.73. The second-order valence-electron chi connectivity index (χ2n) is 7.14. The summed E-state index contributed by atoms with van der Waals surface area (Å²) in [6.07, 6.45) is 9.46. The first-order valence-corrected chi connectivity index (χ1v) is 8.79. The van der Waals surface area contributed by atoms with Crippen molar-refractivity contribution in [1.29, 1.82) is 0 Å². The zero-order chi connectivity index (χ0) is 14.7. The molecule has 3 rings (SSSR count). The number of hydrogen-bond donors (Lipinski definition) is 1. The molecule has 2 atom stereocenters. The Morgan fingerprint density at radius 2 is 1.86 bits per heavy atom. The van der Waals surface area contributed by atoms with Crippen LogP contribution in [0.15, 0.2) is 24.3 Å². The van der Waals surface area contributed by atoms with Crippen LogP contribution in [0.1, 0.15) is 63.0 Å². The van der Waals surface area contributed by atoms with Crippen LogP contribution in [0.2, 0.25) is 0 Å². The average molecular weight is 286 g/mol. The van der Waals surface area contributed by atoms with E-state index >= 15 is 0 Å². The lowest BCUT2D eigenvalue weighted by molar-refractivity contribution is 0.0738. The van der Waals surface area contributed by atoms with Crippen molar-refractivity contribution in [1.82, 2.24) is 4.90 Å². The summed E-state index contributed by atoms with van der Waals surface area (Å²) in [5.41, 5.74) is 9.58. The van der Waals surface area contributed by atoms with Gasteiger partial charge in [-0.05, 0) is 36.3 Å². The van der Waals surface area contributed by atoms with E-state index < -0.39 is 0 Å². The summed E-state index contributed by atoms with van der Waals surface area (Å²) in [5, 5.41) is 0. The van der Waals surface area contributed by atoms with Crippen molar-refractivity contribution in [2.75, 3.05) is 6.54 Å². The molecular weight excluding hydrogens is 256 g/mol. The molecule has 1 saturated carbocycles. The number of fused-ring (bicyclic) bond motifs is 1. The fraction of sp³-hybridized carbons (Fsp3) is 0.684. The predicted octanol–water partition coefficient (Wildman–Crippen LogP) is 4.08. The first-order chi connectivity index (χ1) is 10.3. The van der Waals surface area contributed by atoms with Gasteiger partial charge in [0.05, 0.1) is 0 Å². The third-order valence-electron chi connectivity index (χ3n) is 5.86. The van der Waals surface area contributed by atoms with Crippen LogP contribution in [0.5, 0.6) is 0 Å². The third kappa shape index (κ3) is 3.02. The summed E-state index contributed by atoms with van der Waals surface area (Å²) in [5.74, 6) is 0.938. The van der Waals surface area contributed by atoms with Gasteiger partial charge in [0.1, 0.15) is 0 Å².